The van der Waals surface area contributed by atoms with E-state index in [0.29, 0.717) is 6.54 Å². The number of hydrogen-bond acceptors (Lipinski definition) is 4. The van der Waals surface area contributed by atoms with Gasteiger partial charge in [0.25, 0.3) is 0 Å². The van der Waals surface area contributed by atoms with Crippen molar-refractivity contribution in [2.45, 2.75) is 45.2 Å². The summed E-state index contributed by atoms with van der Waals surface area (Å²) in [6.07, 6.45) is 7.40. The Kier molecular flexibility index (Phi) is 5.76. The molecule has 0 saturated carbocycles. The number of aromatic nitrogens is 4. The minimum absolute atomic E-state index is 0.635. The first-order chi connectivity index (χ1) is 11.9. The lowest BCUT2D eigenvalue weighted by Crippen LogP contribution is -2.38. The minimum atomic E-state index is 0.635. The van der Waals surface area contributed by atoms with Gasteiger partial charge in [-0.3, -0.25) is 9.98 Å². The molecule has 2 aromatic heterocycles. The molecule has 7 nitrogen and oxygen atoms in total. The van der Waals surface area contributed by atoms with E-state index in [9.17, 15) is 0 Å². The standard InChI is InChI=1S/C17H25N7/c1-18-17(20-11-9-14-7-4-5-10-19-14)21-13-16-23-22-15-8-3-2-6-12-24(15)16/h4-5,7,10H,2-3,6,8-9,11-13H2,1H3,(H2,18,20,21). The predicted molar refractivity (Wildman–Crippen MR) is 93.7 cm³/mol. The van der Waals surface area contributed by atoms with Gasteiger partial charge in [0.05, 0.1) is 6.54 Å². The third-order valence-electron chi connectivity index (χ3n) is 4.22. The Morgan fingerprint density at radius 1 is 1.21 bits per heavy atom. The van der Waals surface area contributed by atoms with Crippen LogP contribution in [0.15, 0.2) is 29.4 Å². The van der Waals surface area contributed by atoms with Crippen LogP contribution in [0.1, 0.15) is 36.6 Å². The fourth-order valence-electron chi connectivity index (χ4n) is 2.91. The van der Waals surface area contributed by atoms with E-state index in [4.69, 9.17) is 0 Å². The molecule has 0 amide bonds. The average Bonchev–Trinajstić information content (AvgIpc) is 2.85. The second-order valence-corrected chi connectivity index (χ2v) is 5.92. The summed E-state index contributed by atoms with van der Waals surface area (Å²) < 4.78 is 2.25. The molecule has 2 aromatic rings. The number of nitrogens with zero attached hydrogens (tertiary/aromatic N) is 5. The number of aliphatic imine (C=N–C) groups is 1. The summed E-state index contributed by atoms with van der Waals surface area (Å²) in [5, 5.41) is 15.3. The average molecular weight is 327 g/mol. The molecule has 0 spiro atoms. The Morgan fingerprint density at radius 2 is 2.17 bits per heavy atom. The lowest BCUT2D eigenvalue weighted by Gasteiger charge is -2.12. The molecule has 0 fully saturated rings. The van der Waals surface area contributed by atoms with Crippen LogP contribution in [0.3, 0.4) is 0 Å². The van der Waals surface area contributed by atoms with Crippen LogP contribution in [0, 0.1) is 0 Å². The molecule has 1 aliphatic rings. The first-order valence-electron chi connectivity index (χ1n) is 8.62. The van der Waals surface area contributed by atoms with Gasteiger partial charge in [0.1, 0.15) is 5.82 Å². The fourth-order valence-corrected chi connectivity index (χ4v) is 2.91. The topological polar surface area (TPSA) is 80.0 Å². The summed E-state index contributed by atoms with van der Waals surface area (Å²) in [5.41, 5.74) is 1.07. The molecule has 0 atom stereocenters. The summed E-state index contributed by atoms with van der Waals surface area (Å²) in [4.78, 5) is 8.59. The van der Waals surface area contributed by atoms with Gasteiger partial charge < -0.3 is 15.2 Å². The Balaban J connectivity index is 1.49. The van der Waals surface area contributed by atoms with Crippen molar-refractivity contribution in [2.24, 2.45) is 4.99 Å². The van der Waals surface area contributed by atoms with Crippen molar-refractivity contribution in [3.8, 4) is 0 Å². The molecule has 2 N–H and O–H groups in total. The summed E-state index contributed by atoms with van der Waals surface area (Å²) >= 11 is 0. The van der Waals surface area contributed by atoms with Gasteiger partial charge in [-0.15, -0.1) is 10.2 Å². The van der Waals surface area contributed by atoms with Gasteiger partial charge in [-0.05, 0) is 25.0 Å². The molecule has 24 heavy (non-hydrogen) atoms. The Hall–Kier alpha value is -2.44. The number of rotatable bonds is 5. The first kappa shape index (κ1) is 16.4. The quantitative estimate of drug-likeness (QED) is 0.639. The van der Waals surface area contributed by atoms with Crippen molar-refractivity contribution < 1.29 is 0 Å². The van der Waals surface area contributed by atoms with Gasteiger partial charge in [0, 0.05) is 44.9 Å². The molecule has 0 saturated heterocycles. The molecule has 3 rings (SSSR count). The Bertz CT molecular complexity index is 663. The van der Waals surface area contributed by atoms with Gasteiger partial charge >= 0.3 is 0 Å². The SMILES string of the molecule is CN=C(NCCc1ccccn1)NCc1nnc2n1CCCCC2. The lowest BCUT2D eigenvalue weighted by molar-refractivity contribution is 0.596. The van der Waals surface area contributed by atoms with Gasteiger partial charge in [0.2, 0.25) is 0 Å². The second kappa shape index (κ2) is 8.42. The van der Waals surface area contributed by atoms with Crippen molar-refractivity contribution in [1.82, 2.24) is 30.4 Å². The summed E-state index contributed by atoms with van der Waals surface area (Å²) in [6, 6.07) is 5.97. The van der Waals surface area contributed by atoms with E-state index in [2.05, 4.69) is 35.4 Å². The van der Waals surface area contributed by atoms with Gasteiger partial charge in [-0.1, -0.05) is 12.5 Å². The highest BCUT2D eigenvalue weighted by Gasteiger charge is 2.14. The second-order valence-electron chi connectivity index (χ2n) is 5.92. The third kappa shape index (κ3) is 4.31. The zero-order valence-corrected chi connectivity index (χ0v) is 14.2. The molecular formula is C17H25N7. The van der Waals surface area contributed by atoms with E-state index < -0.39 is 0 Å². The van der Waals surface area contributed by atoms with Crippen LogP contribution in [0.4, 0.5) is 0 Å². The molecule has 3 heterocycles. The number of hydrogen-bond donors (Lipinski definition) is 2. The van der Waals surface area contributed by atoms with Gasteiger partial charge in [-0.25, -0.2) is 0 Å². The normalized spacial score (nSPS) is 14.8. The number of fused-ring (bicyclic) bond motifs is 1. The van der Waals surface area contributed by atoms with Crippen LogP contribution >= 0.6 is 0 Å². The maximum absolute atomic E-state index is 4.33. The van der Waals surface area contributed by atoms with Crippen LogP contribution in [0.25, 0.3) is 0 Å². The Morgan fingerprint density at radius 3 is 3.00 bits per heavy atom. The zero-order valence-electron chi connectivity index (χ0n) is 14.2. The van der Waals surface area contributed by atoms with Crippen molar-refractivity contribution in [3.63, 3.8) is 0 Å². The Labute approximate surface area is 142 Å². The highest BCUT2D eigenvalue weighted by molar-refractivity contribution is 5.79. The maximum atomic E-state index is 4.33. The van der Waals surface area contributed by atoms with E-state index in [1.165, 1.54) is 19.3 Å². The summed E-state index contributed by atoms with van der Waals surface area (Å²) in [6.45, 7) is 2.44. The van der Waals surface area contributed by atoms with Crippen molar-refractivity contribution in [3.05, 3.63) is 41.7 Å². The smallest absolute Gasteiger partial charge is 0.191 e. The van der Waals surface area contributed by atoms with Crippen LogP contribution in [0.2, 0.25) is 0 Å². The molecule has 0 radical (unpaired) electrons. The van der Waals surface area contributed by atoms with Gasteiger partial charge in [-0.2, -0.15) is 0 Å². The number of guanidine groups is 1. The molecular weight excluding hydrogens is 302 g/mol. The third-order valence-corrected chi connectivity index (χ3v) is 4.22. The highest BCUT2D eigenvalue weighted by Crippen LogP contribution is 2.14. The van der Waals surface area contributed by atoms with E-state index >= 15 is 0 Å². The largest absolute Gasteiger partial charge is 0.356 e. The number of aryl methyl sites for hydroxylation is 1. The van der Waals surface area contributed by atoms with Gasteiger partial charge in [0.15, 0.2) is 11.8 Å². The molecule has 0 aromatic carbocycles. The lowest BCUT2D eigenvalue weighted by atomic mass is 10.2. The summed E-state index contributed by atoms with van der Waals surface area (Å²) in [5.74, 6) is 2.87. The van der Waals surface area contributed by atoms with E-state index in [0.717, 1.165) is 49.2 Å². The van der Waals surface area contributed by atoms with Crippen molar-refractivity contribution in [2.75, 3.05) is 13.6 Å². The molecule has 1 aliphatic heterocycles. The molecule has 0 bridgehead atoms. The van der Waals surface area contributed by atoms with Crippen molar-refractivity contribution in [1.29, 1.82) is 0 Å². The monoisotopic (exact) mass is 327 g/mol. The molecule has 0 aliphatic carbocycles. The van der Waals surface area contributed by atoms with Crippen LogP contribution in [-0.4, -0.2) is 39.3 Å². The number of nitrogens with one attached hydrogen (secondary N) is 2. The fraction of sp³-hybridized carbons (Fsp3) is 0.529. The summed E-state index contributed by atoms with van der Waals surface area (Å²) in [7, 11) is 1.78. The minimum Gasteiger partial charge on any atom is -0.356 e. The van der Waals surface area contributed by atoms with E-state index in [-0.39, 0.29) is 0 Å². The zero-order chi connectivity index (χ0) is 16.6. The van der Waals surface area contributed by atoms with Crippen LogP contribution in [-0.2, 0) is 25.9 Å². The maximum Gasteiger partial charge on any atom is 0.191 e. The molecule has 0 unspecified atom stereocenters. The van der Waals surface area contributed by atoms with E-state index in [1.54, 1.807) is 7.05 Å². The first-order valence-corrected chi connectivity index (χ1v) is 8.62. The molecule has 128 valence electrons. The molecule has 7 heteroatoms. The highest BCUT2D eigenvalue weighted by atomic mass is 15.3. The van der Waals surface area contributed by atoms with Crippen molar-refractivity contribution >= 4 is 5.96 Å². The predicted octanol–water partition coefficient (Wildman–Crippen LogP) is 1.31. The van der Waals surface area contributed by atoms with Crippen LogP contribution in [0.5, 0.6) is 0 Å². The number of pyridine rings is 1. The van der Waals surface area contributed by atoms with E-state index in [1.807, 2.05) is 24.4 Å². The van der Waals surface area contributed by atoms with Crippen LogP contribution < -0.4 is 10.6 Å².